The molecule has 2 aromatic heterocycles. The van der Waals surface area contributed by atoms with Crippen molar-refractivity contribution in [3.8, 4) is 0 Å². The first-order chi connectivity index (χ1) is 11.5. The van der Waals surface area contributed by atoms with E-state index in [9.17, 15) is 9.59 Å². The van der Waals surface area contributed by atoms with E-state index in [1.165, 1.54) is 6.20 Å². The number of anilines is 1. The third kappa shape index (κ3) is 3.27. The second-order valence-electron chi connectivity index (χ2n) is 5.67. The Morgan fingerprint density at radius 3 is 2.83 bits per heavy atom. The summed E-state index contributed by atoms with van der Waals surface area (Å²) in [6, 6.07) is 6.74. The molecule has 0 aliphatic rings. The highest BCUT2D eigenvalue weighted by molar-refractivity contribution is 5.89. The molecule has 0 bridgehead atoms. The SMILES string of the molecule is CC(C)N(Cc1nc2ccccc2c(=O)[nH]1)C(=O)Nc1cn[nH]c1. The molecule has 8 nitrogen and oxygen atoms in total. The van der Waals surface area contributed by atoms with E-state index in [0.717, 1.165) is 0 Å². The number of amides is 2. The summed E-state index contributed by atoms with van der Waals surface area (Å²) in [6.45, 7) is 3.99. The van der Waals surface area contributed by atoms with Crippen LogP contribution in [0, 0.1) is 0 Å². The van der Waals surface area contributed by atoms with Crippen molar-refractivity contribution in [2.75, 3.05) is 5.32 Å². The summed E-state index contributed by atoms with van der Waals surface area (Å²) in [5, 5.41) is 9.71. The normalized spacial score (nSPS) is 11.0. The van der Waals surface area contributed by atoms with Gasteiger partial charge < -0.3 is 15.2 Å². The van der Waals surface area contributed by atoms with E-state index in [1.54, 1.807) is 29.3 Å². The molecule has 0 spiro atoms. The molecule has 2 heterocycles. The lowest BCUT2D eigenvalue weighted by molar-refractivity contribution is 0.192. The molecule has 124 valence electrons. The van der Waals surface area contributed by atoms with Gasteiger partial charge in [-0.3, -0.25) is 9.89 Å². The molecule has 1 aromatic carbocycles. The van der Waals surface area contributed by atoms with Gasteiger partial charge in [0.05, 0.1) is 29.3 Å². The molecule has 0 aliphatic carbocycles. The number of nitrogens with one attached hydrogen (secondary N) is 3. The van der Waals surface area contributed by atoms with Crippen LogP contribution in [0.3, 0.4) is 0 Å². The summed E-state index contributed by atoms with van der Waals surface area (Å²) in [4.78, 5) is 33.4. The molecule has 0 fully saturated rings. The Kier molecular flexibility index (Phi) is 4.28. The summed E-state index contributed by atoms with van der Waals surface area (Å²) < 4.78 is 0. The van der Waals surface area contributed by atoms with Crippen LogP contribution in [-0.2, 0) is 6.54 Å². The predicted molar refractivity (Wildman–Crippen MR) is 90.6 cm³/mol. The first kappa shape index (κ1) is 15.7. The van der Waals surface area contributed by atoms with Crippen LogP contribution < -0.4 is 10.9 Å². The largest absolute Gasteiger partial charge is 0.322 e. The predicted octanol–water partition coefficient (Wildman–Crippen LogP) is 2.09. The van der Waals surface area contributed by atoms with E-state index < -0.39 is 0 Å². The number of para-hydroxylation sites is 1. The number of carbonyl (C=O) groups is 1. The number of urea groups is 1. The zero-order valence-electron chi connectivity index (χ0n) is 13.4. The molecule has 3 aromatic rings. The highest BCUT2D eigenvalue weighted by Crippen LogP contribution is 2.11. The van der Waals surface area contributed by atoms with E-state index in [4.69, 9.17) is 0 Å². The maximum absolute atomic E-state index is 12.5. The lowest BCUT2D eigenvalue weighted by Gasteiger charge is -2.26. The molecule has 24 heavy (non-hydrogen) atoms. The monoisotopic (exact) mass is 326 g/mol. The molecular weight excluding hydrogens is 308 g/mol. The Morgan fingerprint density at radius 1 is 1.33 bits per heavy atom. The number of aromatic nitrogens is 4. The Balaban J connectivity index is 1.85. The Bertz CT molecular complexity index is 900. The van der Waals surface area contributed by atoms with Crippen LogP contribution >= 0.6 is 0 Å². The van der Waals surface area contributed by atoms with Crippen molar-refractivity contribution in [3.05, 3.63) is 52.8 Å². The van der Waals surface area contributed by atoms with Crippen molar-refractivity contribution in [2.24, 2.45) is 0 Å². The molecule has 0 aliphatic heterocycles. The Hall–Kier alpha value is -3.16. The summed E-state index contributed by atoms with van der Waals surface area (Å²) in [6.07, 6.45) is 3.11. The van der Waals surface area contributed by atoms with E-state index in [2.05, 4.69) is 25.5 Å². The first-order valence-corrected chi connectivity index (χ1v) is 7.59. The van der Waals surface area contributed by atoms with Gasteiger partial charge in [0.15, 0.2) is 0 Å². The molecular formula is C16H18N6O2. The number of benzene rings is 1. The topological polar surface area (TPSA) is 107 Å². The second-order valence-corrected chi connectivity index (χ2v) is 5.67. The minimum Gasteiger partial charge on any atom is -0.315 e. The van der Waals surface area contributed by atoms with Crippen LogP contribution in [-0.4, -0.2) is 37.1 Å². The molecule has 2 amide bonds. The van der Waals surface area contributed by atoms with Gasteiger partial charge in [0.2, 0.25) is 0 Å². The average Bonchev–Trinajstić information content (AvgIpc) is 3.05. The summed E-state index contributed by atoms with van der Waals surface area (Å²) in [5.74, 6) is 0.440. The molecule has 0 radical (unpaired) electrons. The van der Waals surface area contributed by atoms with Gasteiger partial charge >= 0.3 is 6.03 Å². The fraction of sp³-hybridized carbons (Fsp3) is 0.250. The lowest BCUT2D eigenvalue weighted by Crippen LogP contribution is -2.40. The molecule has 3 N–H and O–H groups in total. The number of hydrogen-bond acceptors (Lipinski definition) is 4. The van der Waals surface area contributed by atoms with Crippen molar-refractivity contribution in [1.29, 1.82) is 0 Å². The second kappa shape index (κ2) is 6.53. The third-order valence-electron chi connectivity index (χ3n) is 3.62. The molecule has 3 rings (SSSR count). The van der Waals surface area contributed by atoms with E-state index in [0.29, 0.717) is 22.4 Å². The van der Waals surface area contributed by atoms with Gasteiger partial charge in [-0.1, -0.05) is 12.1 Å². The lowest BCUT2D eigenvalue weighted by atomic mass is 10.2. The van der Waals surface area contributed by atoms with Gasteiger partial charge in [0.1, 0.15) is 5.82 Å². The van der Waals surface area contributed by atoms with Crippen molar-refractivity contribution in [1.82, 2.24) is 25.1 Å². The summed E-state index contributed by atoms with van der Waals surface area (Å²) in [5.41, 5.74) is 0.968. The van der Waals surface area contributed by atoms with Crippen LogP contribution in [0.2, 0.25) is 0 Å². The molecule has 8 heteroatoms. The van der Waals surface area contributed by atoms with E-state index in [1.807, 2.05) is 19.9 Å². The van der Waals surface area contributed by atoms with Crippen LogP contribution in [0.1, 0.15) is 19.7 Å². The number of rotatable bonds is 4. The third-order valence-corrected chi connectivity index (χ3v) is 3.62. The quantitative estimate of drug-likeness (QED) is 0.682. The van der Waals surface area contributed by atoms with Gasteiger partial charge in [-0.15, -0.1) is 0 Å². The van der Waals surface area contributed by atoms with Gasteiger partial charge in [-0.2, -0.15) is 5.10 Å². The van der Waals surface area contributed by atoms with Gasteiger partial charge in [0.25, 0.3) is 5.56 Å². The van der Waals surface area contributed by atoms with Gasteiger partial charge in [-0.05, 0) is 26.0 Å². The number of hydrogen-bond donors (Lipinski definition) is 3. The van der Waals surface area contributed by atoms with Crippen molar-refractivity contribution in [3.63, 3.8) is 0 Å². The first-order valence-electron chi connectivity index (χ1n) is 7.59. The van der Waals surface area contributed by atoms with Crippen LogP contribution in [0.5, 0.6) is 0 Å². The van der Waals surface area contributed by atoms with E-state index >= 15 is 0 Å². The number of fused-ring (bicyclic) bond motifs is 1. The summed E-state index contributed by atoms with van der Waals surface area (Å²) >= 11 is 0. The van der Waals surface area contributed by atoms with Crippen molar-refractivity contribution < 1.29 is 4.79 Å². The van der Waals surface area contributed by atoms with Crippen LogP contribution in [0.25, 0.3) is 10.9 Å². The molecule has 0 saturated carbocycles. The zero-order valence-corrected chi connectivity index (χ0v) is 13.4. The van der Waals surface area contributed by atoms with Crippen LogP contribution in [0.4, 0.5) is 10.5 Å². The number of carbonyl (C=O) groups excluding carboxylic acids is 1. The molecule has 0 saturated heterocycles. The highest BCUT2D eigenvalue weighted by atomic mass is 16.2. The maximum Gasteiger partial charge on any atom is 0.322 e. The highest BCUT2D eigenvalue weighted by Gasteiger charge is 2.19. The number of H-pyrrole nitrogens is 2. The maximum atomic E-state index is 12.5. The minimum atomic E-state index is -0.290. The Morgan fingerprint density at radius 2 is 2.12 bits per heavy atom. The molecule has 0 unspecified atom stereocenters. The molecule has 0 atom stereocenters. The summed E-state index contributed by atoms with van der Waals surface area (Å²) in [7, 11) is 0. The van der Waals surface area contributed by atoms with Gasteiger partial charge in [-0.25, -0.2) is 9.78 Å². The van der Waals surface area contributed by atoms with Gasteiger partial charge in [0, 0.05) is 12.2 Å². The van der Waals surface area contributed by atoms with E-state index in [-0.39, 0.29) is 24.2 Å². The number of aromatic amines is 2. The van der Waals surface area contributed by atoms with Crippen LogP contribution in [0.15, 0.2) is 41.5 Å². The van der Waals surface area contributed by atoms with Crippen molar-refractivity contribution in [2.45, 2.75) is 26.4 Å². The van der Waals surface area contributed by atoms with Crippen molar-refractivity contribution >= 4 is 22.6 Å². The number of nitrogens with zero attached hydrogens (tertiary/aromatic N) is 3. The zero-order chi connectivity index (χ0) is 17.1. The minimum absolute atomic E-state index is 0.0753. The fourth-order valence-electron chi connectivity index (χ4n) is 2.37. The standard InChI is InChI=1S/C16H18N6O2/c1-10(2)22(16(24)19-11-7-17-18-8-11)9-14-20-13-6-4-3-5-12(13)15(23)21-14/h3-8,10H,9H2,1-2H3,(H,17,18)(H,19,24)(H,20,21,23). The average molecular weight is 326 g/mol. The fourth-order valence-corrected chi connectivity index (χ4v) is 2.37. The Labute approximate surface area is 137 Å². The smallest absolute Gasteiger partial charge is 0.315 e.